The number of carbonyl (C=O) groups excluding carboxylic acids is 2. The molecule has 86 valence electrons. The van der Waals surface area contributed by atoms with Crippen LogP contribution in [0.1, 0.15) is 5.56 Å². The third-order valence-corrected chi connectivity index (χ3v) is 3.32. The molecule has 2 heterocycles. The highest BCUT2D eigenvalue weighted by Crippen LogP contribution is 2.08. The maximum atomic E-state index is 11.8. The molecule has 1 N–H and O–H groups in total. The lowest BCUT2D eigenvalue weighted by Gasteiger charge is -2.26. The Morgan fingerprint density at radius 3 is 2.75 bits per heavy atom. The van der Waals surface area contributed by atoms with Gasteiger partial charge < -0.3 is 10.2 Å². The number of nitrogens with one attached hydrogen (secondary N) is 1. The fourth-order valence-electron chi connectivity index (χ4n) is 1.70. The molecule has 0 aliphatic carbocycles. The van der Waals surface area contributed by atoms with E-state index in [1.165, 1.54) is 0 Å². The molecule has 0 atom stereocenters. The van der Waals surface area contributed by atoms with E-state index < -0.39 is 0 Å². The molecule has 0 spiro atoms. The van der Waals surface area contributed by atoms with Gasteiger partial charge in [0, 0.05) is 32.6 Å². The standard InChI is InChI=1S/C11H14N2O2S/c14-10(7-9-1-6-16-8-9)11(15)13-4-2-12-3-5-13/h1,6,8,12H,2-5,7H2. The third-order valence-electron chi connectivity index (χ3n) is 2.59. The first-order valence-corrected chi connectivity index (χ1v) is 6.25. The van der Waals surface area contributed by atoms with Crippen molar-refractivity contribution in [2.75, 3.05) is 26.2 Å². The largest absolute Gasteiger partial charge is 0.334 e. The Bertz CT molecular complexity index is 369. The molecule has 0 radical (unpaired) electrons. The molecule has 0 saturated carbocycles. The number of piperazine rings is 1. The van der Waals surface area contributed by atoms with E-state index in [9.17, 15) is 9.59 Å². The predicted molar refractivity (Wildman–Crippen MR) is 62.5 cm³/mol. The van der Waals surface area contributed by atoms with Crippen LogP contribution in [0.5, 0.6) is 0 Å². The molecule has 0 unspecified atom stereocenters. The summed E-state index contributed by atoms with van der Waals surface area (Å²) >= 11 is 1.54. The summed E-state index contributed by atoms with van der Waals surface area (Å²) in [5, 5.41) is 6.97. The molecule has 1 fully saturated rings. The highest BCUT2D eigenvalue weighted by molar-refractivity contribution is 7.08. The Labute approximate surface area is 98.3 Å². The quantitative estimate of drug-likeness (QED) is 0.770. The van der Waals surface area contributed by atoms with Crippen LogP contribution >= 0.6 is 11.3 Å². The molecule has 4 nitrogen and oxygen atoms in total. The third kappa shape index (κ3) is 2.68. The van der Waals surface area contributed by atoms with E-state index in [0.717, 1.165) is 18.7 Å². The van der Waals surface area contributed by atoms with Crippen molar-refractivity contribution >= 4 is 23.0 Å². The Morgan fingerprint density at radius 2 is 2.12 bits per heavy atom. The molecule has 2 rings (SSSR count). The monoisotopic (exact) mass is 238 g/mol. The van der Waals surface area contributed by atoms with Crippen molar-refractivity contribution < 1.29 is 9.59 Å². The number of ketones is 1. The number of Topliss-reactive ketones (excluding diaryl/α,β-unsaturated/α-hetero) is 1. The molecule has 1 aromatic heterocycles. The van der Waals surface area contributed by atoms with Crippen molar-refractivity contribution in [3.05, 3.63) is 22.4 Å². The summed E-state index contributed by atoms with van der Waals surface area (Å²) in [4.78, 5) is 25.1. The molecule has 1 aliphatic rings. The minimum absolute atomic E-state index is 0.228. The molecular weight excluding hydrogens is 224 g/mol. The van der Waals surface area contributed by atoms with Gasteiger partial charge in [0.1, 0.15) is 0 Å². The average Bonchev–Trinajstić information content (AvgIpc) is 2.82. The number of nitrogens with zero attached hydrogens (tertiary/aromatic N) is 1. The van der Waals surface area contributed by atoms with Crippen LogP contribution in [-0.2, 0) is 16.0 Å². The highest BCUT2D eigenvalue weighted by atomic mass is 32.1. The summed E-state index contributed by atoms with van der Waals surface area (Å²) in [6, 6.07) is 1.88. The molecule has 16 heavy (non-hydrogen) atoms. The number of hydrogen-bond donors (Lipinski definition) is 1. The Hall–Kier alpha value is -1.20. The maximum absolute atomic E-state index is 11.8. The molecule has 1 aromatic rings. The molecule has 0 aromatic carbocycles. The molecule has 1 aliphatic heterocycles. The zero-order valence-corrected chi connectivity index (χ0v) is 9.76. The lowest BCUT2D eigenvalue weighted by molar-refractivity contribution is -0.144. The Balaban J connectivity index is 1.91. The number of hydrogen-bond acceptors (Lipinski definition) is 4. The molecule has 1 saturated heterocycles. The van der Waals surface area contributed by atoms with E-state index >= 15 is 0 Å². The number of amides is 1. The summed E-state index contributed by atoms with van der Waals surface area (Å²) in [5.74, 6) is -0.645. The summed E-state index contributed by atoms with van der Waals surface area (Å²) in [6.07, 6.45) is 0.228. The van der Waals surface area contributed by atoms with E-state index in [1.807, 2.05) is 16.8 Å². The van der Waals surface area contributed by atoms with Crippen LogP contribution in [-0.4, -0.2) is 42.8 Å². The zero-order chi connectivity index (χ0) is 11.4. The van der Waals surface area contributed by atoms with Crippen molar-refractivity contribution in [3.8, 4) is 0 Å². The first-order chi connectivity index (χ1) is 7.77. The molecular formula is C11H14N2O2S. The Kier molecular flexibility index (Phi) is 3.69. The maximum Gasteiger partial charge on any atom is 0.290 e. The van der Waals surface area contributed by atoms with Gasteiger partial charge in [-0.15, -0.1) is 0 Å². The second kappa shape index (κ2) is 5.23. The van der Waals surface area contributed by atoms with Gasteiger partial charge in [0.25, 0.3) is 5.91 Å². The van der Waals surface area contributed by atoms with Gasteiger partial charge in [-0.1, -0.05) is 0 Å². The van der Waals surface area contributed by atoms with Crippen LogP contribution in [0.2, 0.25) is 0 Å². The lowest BCUT2D eigenvalue weighted by atomic mass is 10.1. The number of carbonyl (C=O) groups is 2. The second-order valence-electron chi connectivity index (χ2n) is 3.77. The van der Waals surface area contributed by atoms with Gasteiger partial charge in [-0.3, -0.25) is 9.59 Å². The van der Waals surface area contributed by atoms with Crippen molar-refractivity contribution in [3.63, 3.8) is 0 Å². The van der Waals surface area contributed by atoms with Gasteiger partial charge in [-0.05, 0) is 22.4 Å². The van der Waals surface area contributed by atoms with Gasteiger partial charge >= 0.3 is 0 Å². The minimum atomic E-state index is -0.340. The highest BCUT2D eigenvalue weighted by Gasteiger charge is 2.22. The molecule has 5 heteroatoms. The summed E-state index contributed by atoms with van der Waals surface area (Å²) in [7, 11) is 0. The van der Waals surface area contributed by atoms with E-state index in [-0.39, 0.29) is 18.1 Å². The normalized spacial score (nSPS) is 16.1. The smallest absolute Gasteiger partial charge is 0.290 e. The van der Waals surface area contributed by atoms with Crippen molar-refractivity contribution in [2.45, 2.75) is 6.42 Å². The molecule has 1 amide bonds. The predicted octanol–water partition coefficient (Wildman–Crippen LogP) is 0.291. The van der Waals surface area contributed by atoms with Gasteiger partial charge in [-0.2, -0.15) is 11.3 Å². The number of thiophene rings is 1. The van der Waals surface area contributed by atoms with Crippen LogP contribution < -0.4 is 5.32 Å². The summed E-state index contributed by atoms with van der Waals surface area (Å²) < 4.78 is 0. The zero-order valence-electron chi connectivity index (χ0n) is 8.94. The van der Waals surface area contributed by atoms with Crippen LogP contribution in [0.15, 0.2) is 16.8 Å². The minimum Gasteiger partial charge on any atom is -0.334 e. The van der Waals surface area contributed by atoms with Crippen LogP contribution in [0.4, 0.5) is 0 Å². The topological polar surface area (TPSA) is 49.4 Å². The van der Waals surface area contributed by atoms with Gasteiger partial charge in [-0.25, -0.2) is 0 Å². The lowest BCUT2D eigenvalue weighted by Crippen LogP contribution is -2.49. The van der Waals surface area contributed by atoms with E-state index in [4.69, 9.17) is 0 Å². The number of rotatable bonds is 3. The first kappa shape index (κ1) is 11.3. The van der Waals surface area contributed by atoms with E-state index in [0.29, 0.717) is 13.1 Å². The van der Waals surface area contributed by atoms with Gasteiger partial charge in [0.15, 0.2) is 0 Å². The summed E-state index contributed by atoms with van der Waals surface area (Å²) in [6.45, 7) is 2.82. The van der Waals surface area contributed by atoms with Crippen molar-refractivity contribution in [1.82, 2.24) is 10.2 Å². The SMILES string of the molecule is O=C(Cc1ccsc1)C(=O)N1CCNCC1. The van der Waals surface area contributed by atoms with E-state index in [2.05, 4.69) is 5.32 Å². The van der Waals surface area contributed by atoms with Crippen LogP contribution in [0.3, 0.4) is 0 Å². The fourth-order valence-corrected chi connectivity index (χ4v) is 2.37. The van der Waals surface area contributed by atoms with Gasteiger partial charge in [0.05, 0.1) is 0 Å². The molecule has 0 bridgehead atoms. The second-order valence-corrected chi connectivity index (χ2v) is 4.55. The Morgan fingerprint density at radius 1 is 1.38 bits per heavy atom. The first-order valence-electron chi connectivity index (χ1n) is 5.31. The average molecular weight is 238 g/mol. The summed E-state index contributed by atoms with van der Waals surface area (Å²) in [5.41, 5.74) is 0.929. The van der Waals surface area contributed by atoms with Crippen molar-refractivity contribution in [1.29, 1.82) is 0 Å². The van der Waals surface area contributed by atoms with Crippen LogP contribution in [0, 0.1) is 0 Å². The van der Waals surface area contributed by atoms with E-state index in [1.54, 1.807) is 16.2 Å². The fraction of sp³-hybridized carbons (Fsp3) is 0.455. The van der Waals surface area contributed by atoms with Crippen molar-refractivity contribution in [2.24, 2.45) is 0 Å². The van der Waals surface area contributed by atoms with Gasteiger partial charge in [0.2, 0.25) is 5.78 Å². The van der Waals surface area contributed by atoms with Crippen LogP contribution in [0.25, 0.3) is 0 Å².